The molecule has 0 spiro atoms. The second kappa shape index (κ2) is 4.94. The van der Waals surface area contributed by atoms with Crippen molar-refractivity contribution in [3.05, 3.63) is 24.9 Å². The van der Waals surface area contributed by atoms with Crippen LogP contribution in [0.3, 0.4) is 0 Å². The Balaban J connectivity index is 2.95. The first kappa shape index (κ1) is 14.4. The average molecular weight is 253 g/mol. The number of aliphatic hydroxyl groups is 1. The van der Waals surface area contributed by atoms with E-state index in [9.17, 15) is 5.11 Å². The lowest BCUT2D eigenvalue weighted by Crippen LogP contribution is -2.47. The van der Waals surface area contributed by atoms with Gasteiger partial charge in [0, 0.05) is 17.8 Å². The quantitative estimate of drug-likeness (QED) is 0.819. The van der Waals surface area contributed by atoms with E-state index in [1.54, 1.807) is 6.20 Å². The molecule has 1 aromatic heterocycles. The normalized spacial score (nSPS) is 17.8. The van der Waals surface area contributed by atoms with E-state index in [0.717, 1.165) is 18.4 Å². The molecule has 0 amide bonds. The summed E-state index contributed by atoms with van der Waals surface area (Å²) < 4.78 is 1.94. The molecule has 0 aliphatic heterocycles. The van der Waals surface area contributed by atoms with Gasteiger partial charge < -0.3 is 5.11 Å². The van der Waals surface area contributed by atoms with E-state index in [1.165, 1.54) is 0 Å². The third-order valence-corrected chi connectivity index (χ3v) is 6.25. The Morgan fingerprint density at radius 1 is 1.53 bits per heavy atom. The molecule has 1 aromatic rings. The van der Waals surface area contributed by atoms with Crippen molar-refractivity contribution >= 4 is 8.07 Å². The summed E-state index contributed by atoms with van der Waals surface area (Å²) in [4.78, 5) is 0. The van der Waals surface area contributed by atoms with E-state index < -0.39 is 13.3 Å². The summed E-state index contributed by atoms with van der Waals surface area (Å²) in [7, 11) is -1.77. The topological polar surface area (TPSA) is 38.1 Å². The fraction of sp³-hybridized carbons (Fsp3) is 0.692. The Labute approximate surface area is 106 Å². The Hall–Kier alpha value is -0.613. The maximum Gasteiger partial charge on any atom is 0.0879 e. The van der Waals surface area contributed by atoms with Crippen molar-refractivity contribution in [2.45, 2.75) is 57.6 Å². The number of hydrogen-bond acceptors (Lipinski definition) is 2. The van der Waals surface area contributed by atoms with Gasteiger partial charge in [-0.1, -0.05) is 33.0 Å². The summed E-state index contributed by atoms with van der Waals surface area (Å²) in [6.45, 7) is 14.7. The van der Waals surface area contributed by atoms with E-state index in [0.29, 0.717) is 6.04 Å². The minimum absolute atomic E-state index is 0.381. The van der Waals surface area contributed by atoms with Crippen LogP contribution in [0.5, 0.6) is 0 Å². The highest BCUT2D eigenvalue weighted by Crippen LogP contribution is 2.31. The van der Waals surface area contributed by atoms with Crippen LogP contribution in [0.25, 0.3) is 0 Å². The molecule has 1 N–H and O–H groups in total. The van der Waals surface area contributed by atoms with Gasteiger partial charge in [-0.3, -0.25) is 4.68 Å². The summed E-state index contributed by atoms with van der Waals surface area (Å²) >= 11 is 0. The number of nitrogens with zero attached hydrogens (tertiary/aromatic N) is 2. The molecule has 17 heavy (non-hydrogen) atoms. The fourth-order valence-corrected chi connectivity index (χ4v) is 2.77. The van der Waals surface area contributed by atoms with Crippen molar-refractivity contribution < 1.29 is 5.11 Å². The van der Waals surface area contributed by atoms with Gasteiger partial charge in [-0.15, -0.1) is 0 Å². The third-order valence-electron chi connectivity index (χ3n) is 3.48. The van der Waals surface area contributed by atoms with Crippen LogP contribution in [0.2, 0.25) is 19.6 Å². The predicted octanol–water partition coefficient (Wildman–Crippen LogP) is 3.14. The molecule has 0 bridgehead atoms. The minimum Gasteiger partial charge on any atom is -0.389 e. The summed E-state index contributed by atoms with van der Waals surface area (Å²) in [6.07, 6.45) is 5.95. The molecule has 97 valence electrons. The molecule has 0 saturated carbocycles. The summed E-state index contributed by atoms with van der Waals surface area (Å²) in [6, 6.07) is 0.381. The molecule has 0 aliphatic carbocycles. The first-order valence-electron chi connectivity index (χ1n) is 6.32. The molecule has 2 unspecified atom stereocenters. The lowest BCUT2D eigenvalue weighted by atomic mass is 10.2. The highest BCUT2D eigenvalue weighted by molar-refractivity contribution is 6.78. The fourth-order valence-electron chi connectivity index (χ4n) is 1.78. The Bertz CT molecular complexity index is 366. The molecule has 1 radical (unpaired) electrons. The molecule has 4 heteroatoms. The van der Waals surface area contributed by atoms with E-state index in [-0.39, 0.29) is 0 Å². The van der Waals surface area contributed by atoms with Gasteiger partial charge in [-0.2, -0.15) is 5.10 Å². The molecule has 0 aromatic carbocycles. The first-order chi connectivity index (χ1) is 7.70. The van der Waals surface area contributed by atoms with Gasteiger partial charge in [0.1, 0.15) is 0 Å². The van der Waals surface area contributed by atoms with Crippen LogP contribution < -0.4 is 0 Å². The van der Waals surface area contributed by atoms with Crippen molar-refractivity contribution in [3.63, 3.8) is 0 Å². The second-order valence-corrected chi connectivity index (χ2v) is 11.3. The molecular formula is C13H25N2OSi. The number of hydrogen-bond donors (Lipinski definition) is 1. The van der Waals surface area contributed by atoms with Crippen molar-refractivity contribution in [3.8, 4) is 0 Å². The minimum atomic E-state index is -1.77. The van der Waals surface area contributed by atoms with E-state index in [1.807, 2.05) is 10.9 Å². The largest absolute Gasteiger partial charge is 0.389 e. The van der Waals surface area contributed by atoms with Crippen LogP contribution in [0.4, 0.5) is 0 Å². The van der Waals surface area contributed by atoms with Gasteiger partial charge in [-0.05, 0) is 20.3 Å². The lowest BCUT2D eigenvalue weighted by molar-refractivity contribution is 0.164. The molecular weight excluding hydrogens is 228 g/mol. The highest BCUT2D eigenvalue weighted by Gasteiger charge is 2.39. The maximum atomic E-state index is 10.5. The summed E-state index contributed by atoms with van der Waals surface area (Å²) in [5.41, 5.74) is 0.847. The SMILES string of the molecule is [CH2]C(O)(c1cnn(C(C)CCC)c1)[Si](C)(C)C. The van der Waals surface area contributed by atoms with E-state index in [4.69, 9.17) is 0 Å². The summed E-state index contributed by atoms with van der Waals surface area (Å²) in [5.74, 6) is 0. The highest BCUT2D eigenvalue weighted by atomic mass is 28.3. The monoisotopic (exact) mass is 253 g/mol. The molecule has 3 nitrogen and oxygen atoms in total. The lowest BCUT2D eigenvalue weighted by Gasteiger charge is -2.34. The van der Waals surface area contributed by atoms with E-state index >= 15 is 0 Å². The van der Waals surface area contributed by atoms with Crippen LogP contribution in [-0.4, -0.2) is 23.0 Å². The third kappa shape index (κ3) is 2.99. The van der Waals surface area contributed by atoms with Gasteiger partial charge in [0.05, 0.1) is 19.5 Å². The Morgan fingerprint density at radius 2 is 2.12 bits per heavy atom. The molecule has 2 atom stereocenters. The van der Waals surface area contributed by atoms with Crippen LogP contribution >= 0.6 is 0 Å². The van der Waals surface area contributed by atoms with Crippen LogP contribution in [0.1, 0.15) is 38.3 Å². The van der Waals surface area contributed by atoms with Gasteiger partial charge in [-0.25, -0.2) is 0 Å². The van der Waals surface area contributed by atoms with Gasteiger partial charge in [0.2, 0.25) is 0 Å². The molecule has 1 heterocycles. The average Bonchev–Trinajstić information content (AvgIpc) is 2.65. The zero-order chi connectivity index (χ0) is 13.3. The van der Waals surface area contributed by atoms with Crippen molar-refractivity contribution in [1.82, 2.24) is 9.78 Å². The van der Waals surface area contributed by atoms with Gasteiger partial charge in [0.25, 0.3) is 0 Å². The zero-order valence-electron chi connectivity index (χ0n) is 11.7. The zero-order valence-corrected chi connectivity index (χ0v) is 12.7. The van der Waals surface area contributed by atoms with Crippen molar-refractivity contribution in [1.29, 1.82) is 0 Å². The molecule has 0 aliphatic rings. The first-order valence-corrected chi connectivity index (χ1v) is 9.82. The molecule has 0 saturated heterocycles. The molecule has 1 rings (SSSR count). The van der Waals surface area contributed by atoms with Crippen LogP contribution in [0.15, 0.2) is 12.4 Å². The van der Waals surface area contributed by atoms with Gasteiger partial charge in [0.15, 0.2) is 0 Å². The summed E-state index contributed by atoms with van der Waals surface area (Å²) in [5, 5.41) is 13.9. The van der Waals surface area contributed by atoms with Crippen LogP contribution in [-0.2, 0) is 5.22 Å². The smallest absolute Gasteiger partial charge is 0.0879 e. The van der Waals surface area contributed by atoms with E-state index in [2.05, 4.69) is 45.5 Å². The van der Waals surface area contributed by atoms with Crippen LogP contribution in [0, 0.1) is 6.92 Å². The second-order valence-electron chi connectivity index (χ2n) is 5.96. The number of aromatic nitrogens is 2. The van der Waals surface area contributed by atoms with Gasteiger partial charge >= 0.3 is 0 Å². The standard InChI is InChI=1S/C13H25N2OSi/c1-7-8-11(2)15-10-12(9-14-15)13(3,16)17(4,5)6/h9-11,16H,3,7-8H2,1-2,4-6H3. The van der Waals surface area contributed by atoms with Crippen molar-refractivity contribution in [2.24, 2.45) is 0 Å². The predicted molar refractivity (Wildman–Crippen MR) is 74.4 cm³/mol. The van der Waals surface area contributed by atoms with Crippen molar-refractivity contribution in [2.75, 3.05) is 0 Å². The maximum absolute atomic E-state index is 10.5. The number of rotatable bonds is 5. The Morgan fingerprint density at radius 3 is 2.59 bits per heavy atom. The Kier molecular flexibility index (Phi) is 4.20. The molecule has 0 fully saturated rings.